The van der Waals surface area contributed by atoms with Crippen molar-refractivity contribution in [1.82, 2.24) is 0 Å². The van der Waals surface area contributed by atoms with E-state index in [-0.39, 0.29) is 12.5 Å². The molecular weight excluding hydrogens is 257 g/mol. The molecule has 0 spiro atoms. The zero-order chi connectivity index (χ0) is 14.5. The Morgan fingerprint density at radius 1 is 1.21 bits per heavy atom. The van der Waals surface area contributed by atoms with Crippen LogP contribution >= 0.6 is 0 Å². The van der Waals surface area contributed by atoms with Crippen molar-refractivity contribution in [2.75, 3.05) is 7.11 Å². The van der Waals surface area contributed by atoms with Crippen LogP contribution in [0.3, 0.4) is 0 Å². The Kier molecular flexibility index (Phi) is 5.82. The summed E-state index contributed by atoms with van der Waals surface area (Å²) < 4.78 is 42.4. The summed E-state index contributed by atoms with van der Waals surface area (Å²) in [5.74, 6) is 0. The maximum absolute atomic E-state index is 12.4. The number of halogens is 3. The molecule has 2 unspecified atom stereocenters. The van der Waals surface area contributed by atoms with Gasteiger partial charge < -0.3 is 9.84 Å². The van der Waals surface area contributed by atoms with Gasteiger partial charge in [-0.3, -0.25) is 0 Å². The molecule has 0 aromatic heterocycles. The molecule has 19 heavy (non-hydrogen) atoms. The Morgan fingerprint density at radius 2 is 1.79 bits per heavy atom. The van der Waals surface area contributed by atoms with Crippen LogP contribution in [-0.2, 0) is 17.3 Å². The van der Waals surface area contributed by atoms with Crippen molar-refractivity contribution < 1.29 is 23.0 Å². The van der Waals surface area contributed by atoms with Gasteiger partial charge in [-0.15, -0.1) is 0 Å². The van der Waals surface area contributed by atoms with Gasteiger partial charge >= 0.3 is 6.18 Å². The maximum atomic E-state index is 12.4. The monoisotopic (exact) mass is 276 g/mol. The van der Waals surface area contributed by atoms with Gasteiger partial charge in [-0.25, -0.2) is 0 Å². The summed E-state index contributed by atoms with van der Waals surface area (Å²) in [6, 6.07) is 4.85. The maximum Gasteiger partial charge on any atom is 0.416 e. The van der Waals surface area contributed by atoms with Gasteiger partial charge in [0.2, 0.25) is 0 Å². The van der Waals surface area contributed by atoms with Gasteiger partial charge in [0.05, 0.1) is 17.8 Å². The first-order valence-electron chi connectivity index (χ1n) is 6.25. The molecule has 0 aliphatic rings. The molecule has 0 aliphatic heterocycles. The lowest BCUT2D eigenvalue weighted by molar-refractivity contribution is -0.137. The average Bonchev–Trinajstić information content (AvgIpc) is 2.35. The number of hydrogen-bond acceptors (Lipinski definition) is 2. The molecule has 0 saturated carbocycles. The van der Waals surface area contributed by atoms with E-state index in [9.17, 15) is 18.3 Å². The minimum absolute atomic E-state index is 0.285. The van der Waals surface area contributed by atoms with Crippen molar-refractivity contribution in [1.29, 1.82) is 0 Å². The molecule has 0 heterocycles. The summed E-state index contributed by atoms with van der Waals surface area (Å²) in [5, 5.41) is 9.98. The van der Waals surface area contributed by atoms with E-state index in [1.807, 2.05) is 6.92 Å². The largest absolute Gasteiger partial charge is 0.416 e. The Hall–Kier alpha value is -1.07. The van der Waals surface area contributed by atoms with E-state index in [0.717, 1.165) is 25.0 Å². The van der Waals surface area contributed by atoms with Crippen LogP contribution in [0, 0.1) is 0 Å². The highest BCUT2D eigenvalue weighted by Crippen LogP contribution is 2.29. The first-order valence-corrected chi connectivity index (χ1v) is 6.25. The Morgan fingerprint density at radius 3 is 2.21 bits per heavy atom. The number of aliphatic hydroxyl groups is 1. The molecule has 1 aromatic carbocycles. The van der Waals surface area contributed by atoms with Crippen LogP contribution < -0.4 is 0 Å². The van der Waals surface area contributed by atoms with Gasteiger partial charge in [-0.1, -0.05) is 25.5 Å². The summed E-state index contributed by atoms with van der Waals surface area (Å²) in [6.07, 6.45) is -3.43. The third-order valence-electron chi connectivity index (χ3n) is 3.03. The Bertz CT molecular complexity index is 373. The van der Waals surface area contributed by atoms with Crippen LogP contribution in [0.4, 0.5) is 13.2 Å². The van der Waals surface area contributed by atoms with Crippen molar-refractivity contribution in [2.24, 2.45) is 0 Å². The van der Waals surface area contributed by atoms with E-state index in [1.54, 1.807) is 0 Å². The van der Waals surface area contributed by atoms with Crippen LogP contribution in [0.5, 0.6) is 0 Å². The van der Waals surface area contributed by atoms with Gasteiger partial charge in [-0.2, -0.15) is 13.2 Å². The highest BCUT2D eigenvalue weighted by atomic mass is 19.4. The normalized spacial score (nSPS) is 15.3. The summed E-state index contributed by atoms with van der Waals surface area (Å²) in [7, 11) is 1.52. The van der Waals surface area contributed by atoms with Crippen LogP contribution in [0.15, 0.2) is 24.3 Å². The SMILES string of the molecule is CCCC(OC)C(O)Cc1ccc(C(F)(F)F)cc1. The zero-order valence-corrected chi connectivity index (χ0v) is 11.1. The fourth-order valence-electron chi connectivity index (χ4n) is 1.95. The molecule has 1 N–H and O–H groups in total. The summed E-state index contributed by atoms with van der Waals surface area (Å²) in [5.41, 5.74) is -0.0127. The molecule has 0 amide bonds. The first kappa shape index (κ1) is 16.0. The standard InChI is InChI=1S/C14H19F3O2/c1-3-4-13(19-2)12(18)9-10-5-7-11(8-6-10)14(15,16)17/h5-8,12-13,18H,3-4,9H2,1-2H3. The van der Waals surface area contributed by atoms with Gasteiger partial charge in [-0.05, 0) is 24.1 Å². The molecule has 0 aliphatic carbocycles. The highest BCUT2D eigenvalue weighted by Gasteiger charge is 2.30. The predicted molar refractivity (Wildman–Crippen MR) is 66.9 cm³/mol. The van der Waals surface area contributed by atoms with Gasteiger partial charge in [0.25, 0.3) is 0 Å². The number of alkyl halides is 3. The lowest BCUT2D eigenvalue weighted by atomic mass is 10.00. The first-order chi connectivity index (χ1) is 8.88. The van der Waals surface area contributed by atoms with Gasteiger partial charge in [0.15, 0.2) is 0 Å². The molecule has 5 heteroatoms. The molecular formula is C14H19F3O2. The fraction of sp³-hybridized carbons (Fsp3) is 0.571. The minimum Gasteiger partial charge on any atom is -0.390 e. The molecule has 2 atom stereocenters. The number of aliphatic hydroxyl groups excluding tert-OH is 1. The van der Waals surface area contributed by atoms with Crippen LogP contribution in [0.25, 0.3) is 0 Å². The highest BCUT2D eigenvalue weighted by molar-refractivity contribution is 5.25. The zero-order valence-electron chi connectivity index (χ0n) is 11.1. The van der Waals surface area contributed by atoms with E-state index in [4.69, 9.17) is 4.74 Å². The van der Waals surface area contributed by atoms with Crippen molar-refractivity contribution in [3.05, 3.63) is 35.4 Å². The molecule has 108 valence electrons. The summed E-state index contributed by atoms with van der Waals surface area (Å²) in [4.78, 5) is 0. The van der Waals surface area contributed by atoms with Gasteiger partial charge in [0.1, 0.15) is 0 Å². The van der Waals surface area contributed by atoms with E-state index in [2.05, 4.69) is 0 Å². The van der Waals surface area contributed by atoms with Crippen LogP contribution in [0.2, 0.25) is 0 Å². The van der Waals surface area contributed by atoms with E-state index >= 15 is 0 Å². The fourth-order valence-corrected chi connectivity index (χ4v) is 1.95. The summed E-state index contributed by atoms with van der Waals surface area (Å²) in [6.45, 7) is 1.98. The lowest BCUT2D eigenvalue weighted by Crippen LogP contribution is -2.29. The Balaban J connectivity index is 2.67. The second-order valence-corrected chi connectivity index (χ2v) is 4.53. The van der Waals surface area contributed by atoms with Crippen molar-refractivity contribution in [3.63, 3.8) is 0 Å². The number of rotatable bonds is 6. The van der Waals surface area contributed by atoms with Crippen LogP contribution in [-0.4, -0.2) is 24.4 Å². The Labute approximate surface area is 111 Å². The van der Waals surface area contributed by atoms with Gasteiger partial charge in [0, 0.05) is 13.5 Å². The molecule has 1 rings (SSSR count). The smallest absolute Gasteiger partial charge is 0.390 e. The van der Waals surface area contributed by atoms with E-state index in [0.29, 0.717) is 5.56 Å². The molecule has 0 bridgehead atoms. The predicted octanol–water partition coefficient (Wildman–Crippen LogP) is 3.42. The van der Waals surface area contributed by atoms with E-state index in [1.165, 1.54) is 19.2 Å². The third kappa shape index (κ3) is 4.84. The van der Waals surface area contributed by atoms with E-state index < -0.39 is 17.8 Å². The quantitative estimate of drug-likeness (QED) is 0.862. The average molecular weight is 276 g/mol. The molecule has 0 fully saturated rings. The number of methoxy groups -OCH3 is 1. The minimum atomic E-state index is -4.32. The van der Waals surface area contributed by atoms with Crippen molar-refractivity contribution >= 4 is 0 Å². The van der Waals surface area contributed by atoms with Crippen LogP contribution in [0.1, 0.15) is 30.9 Å². The third-order valence-corrected chi connectivity index (χ3v) is 3.03. The molecule has 0 saturated heterocycles. The molecule has 1 aromatic rings. The van der Waals surface area contributed by atoms with Crippen molar-refractivity contribution in [2.45, 2.75) is 44.6 Å². The molecule has 0 radical (unpaired) electrons. The second-order valence-electron chi connectivity index (χ2n) is 4.53. The number of ether oxygens (including phenoxy) is 1. The molecule has 2 nitrogen and oxygen atoms in total. The lowest BCUT2D eigenvalue weighted by Gasteiger charge is -2.21. The second kappa shape index (κ2) is 6.91. The summed E-state index contributed by atoms with van der Waals surface area (Å²) >= 11 is 0. The van der Waals surface area contributed by atoms with Crippen molar-refractivity contribution in [3.8, 4) is 0 Å². The topological polar surface area (TPSA) is 29.5 Å². The number of benzene rings is 1. The number of hydrogen-bond donors (Lipinski definition) is 1.